The van der Waals surface area contributed by atoms with Crippen LogP contribution in [-0.4, -0.2) is 23.4 Å². The smallest absolute Gasteiger partial charge is 0.363 e. The summed E-state index contributed by atoms with van der Waals surface area (Å²) in [5.74, 6) is 0.277. The molecule has 40 heavy (non-hydrogen) atoms. The van der Waals surface area contributed by atoms with Gasteiger partial charge >= 0.3 is 5.97 Å². The molecule has 0 aromatic heterocycles. The van der Waals surface area contributed by atoms with Gasteiger partial charge in [-0.1, -0.05) is 66.2 Å². The minimum atomic E-state index is -0.581. The van der Waals surface area contributed by atoms with Crippen molar-refractivity contribution < 1.29 is 23.9 Å². The minimum Gasteiger partial charge on any atom is -0.490 e. The number of nitro benzene ring substituents is 1. The monoisotopic (exact) mass is 554 g/mol. The topological polar surface area (TPSA) is 100 Å². The van der Waals surface area contributed by atoms with Gasteiger partial charge in [-0.25, -0.2) is 9.79 Å². The first kappa shape index (κ1) is 26.6. The SMILES string of the molecule is CCOc1cc(/C=C2\N=C(c3ccc(-c4ccccc4)cc3)OC2=O)cc(Cl)c1OCc1cccc([N+](=O)[O-])c1. The number of halogens is 1. The first-order valence-electron chi connectivity index (χ1n) is 12.4. The lowest BCUT2D eigenvalue weighted by Gasteiger charge is -2.14. The fourth-order valence-corrected chi connectivity index (χ4v) is 4.39. The number of rotatable bonds is 9. The number of cyclic esters (lactones) is 1. The normalized spacial score (nSPS) is 13.6. The van der Waals surface area contributed by atoms with Crippen molar-refractivity contribution in [1.29, 1.82) is 0 Å². The fraction of sp³-hybridized carbons (Fsp3) is 0.0968. The first-order valence-corrected chi connectivity index (χ1v) is 12.8. The second-order valence-corrected chi connectivity index (χ2v) is 9.17. The predicted molar refractivity (Wildman–Crippen MR) is 153 cm³/mol. The number of benzene rings is 4. The molecule has 200 valence electrons. The van der Waals surface area contributed by atoms with Crippen molar-refractivity contribution in [1.82, 2.24) is 0 Å². The van der Waals surface area contributed by atoms with Crippen LogP contribution in [0.25, 0.3) is 17.2 Å². The molecule has 4 aromatic carbocycles. The van der Waals surface area contributed by atoms with E-state index in [0.29, 0.717) is 29.0 Å². The molecule has 0 atom stereocenters. The zero-order chi connectivity index (χ0) is 28.1. The molecule has 0 radical (unpaired) electrons. The second-order valence-electron chi connectivity index (χ2n) is 8.76. The maximum absolute atomic E-state index is 12.6. The summed E-state index contributed by atoms with van der Waals surface area (Å²) < 4.78 is 17.1. The number of hydrogen-bond acceptors (Lipinski definition) is 7. The Morgan fingerprint density at radius 1 is 0.925 bits per heavy atom. The number of esters is 1. The minimum absolute atomic E-state index is 0.0327. The maximum atomic E-state index is 12.6. The van der Waals surface area contributed by atoms with Crippen molar-refractivity contribution in [2.24, 2.45) is 4.99 Å². The zero-order valence-electron chi connectivity index (χ0n) is 21.4. The van der Waals surface area contributed by atoms with E-state index in [-0.39, 0.29) is 34.7 Å². The summed E-state index contributed by atoms with van der Waals surface area (Å²) in [6.07, 6.45) is 1.56. The number of non-ortho nitro benzene ring substituents is 1. The Bertz CT molecular complexity index is 1630. The molecule has 0 fully saturated rings. The van der Waals surface area contributed by atoms with Gasteiger partial charge in [-0.3, -0.25) is 10.1 Å². The largest absolute Gasteiger partial charge is 0.490 e. The van der Waals surface area contributed by atoms with E-state index in [4.69, 9.17) is 25.8 Å². The summed E-state index contributed by atoms with van der Waals surface area (Å²) in [6, 6.07) is 27.0. The molecular formula is C31H23ClN2O6. The Balaban J connectivity index is 1.37. The lowest BCUT2D eigenvalue weighted by Crippen LogP contribution is -2.05. The zero-order valence-corrected chi connectivity index (χ0v) is 22.1. The van der Waals surface area contributed by atoms with Crippen LogP contribution in [0.3, 0.4) is 0 Å². The van der Waals surface area contributed by atoms with Crippen molar-refractivity contribution in [2.75, 3.05) is 6.61 Å². The van der Waals surface area contributed by atoms with E-state index < -0.39 is 10.9 Å². The third-order valence-electron chi connectivity index (χ3n) is 6.00. The van der Waals surface area contributed by atoms with Crippen LogP contribution < -0.4 is 9.47 Å². The molecule has 0 aliphatic carbocycles. The number of carbonyl (C=O) groups is 1. The van der Waals surface area contributed by atoms with E-state index in [1.807, 2.05) is 61.5 Å². The van der Waals surface area contributed by atoms with Crippen LogP contribution in [0.15, 0.2) is 102 Å². The molecule has 0 saturated heterocycles. The highest BCUT2D eigenvalue weighted by Gasteiger charge is 2.25. The van der Waals surface area contributed by atoms with Gasteiger partial charge in [0.2, 0.25) is 5.90 Å². The Morgan fingerprint density at radius 2 is 1.65 bits per heavy atom. The molecule has 4 aromatic rings. The number of hydrogen-bond donors (Lipinski definition) is 0. The van der Waals surface area contributed by atoms with Gasteiger partial charge in [0.05, 0.1) is 16.6 Å². The van der Waals surface area contributed by atoms with Crippen LogP contribution in [0.1, 0.15) is 23.6 Å². The summed E-state index contributed by atoms with van der Waals surface area (Å²) >= 11 is 6.54. The van der Waals surface area contributed by atoms with Gasteiger partial charge in [0.1, 0.15) is 6.61 Å². The van der Waals surface area contributed by atoms with Gasteiger partial charge in [-0.15, -0.1) is 0 Å². The van der Waals surface area contributed by atoms with Crippen LogP contribution in [0.2, 0.25) is 5.02 Å². The van der Waals surface area contributed by atoms with Crippen molar-refractivity contribution >= 4 is 35.2 Å². The molecule has 0 bridgehead atoms. The van der Waals surface area contributed by atoms with Gasteiger partial charge in [0.15, 0.2) is 17.2 Å². The van der Waals surface area contributed by atoms with E-state index >= 15 is 0 Å². The van der Waals surface area contributed by atoms with Gasteiger partial charge in [-0.2, -0.15) is 0 Å². The van der Waals surface area contributed by atoms with Gasteiger partial charge in [0, 0.05) is 17.7 Å². The van der Waals surface area contributed by atoms with Gasteiger partial charge in [-0.05, 0) is 59.5 Å². The molecule has 9 heteroatoms. The molecule has 1 aliphatic rings. The first-order chi connectivity index (χ1) is 19.4. The van der Waals surface area contributed by atoms with Crippen LogP contribution in [0.4, 0.5) is 5.69 Å². The standard InChI is InChI=1S/C31H23ClN2O6/c1-2-38-28-18-21(16-26(32)29(28)39-19-20-7-6-10-25(15-20)34(36)37)17-27-31(35)40-30(33-27)24-13-11-23(12-14-24)22-8-4-3-5-9-22/h3-18H,2,19H2,1H3/b27-17-. The molecule has 0 saturated carbocycles. The van der Waals surface area contributed by atoms with Crippen molar-refractivity contribution in [3.63, 3.8) is 0 Å². The molecule has 0 amide bonds. The third kappa shape index (κ3) is 6.03. The van der Waals surface area contributed by atoms with E-state index in [9.17, 15) is 14.9 Å². The molecule has 1 aliphatic heterocycles. The Labute approximate surface area is 235 Å². The van der Waals surface area contributed by atoms with E-state index in [0.717, 1.165) is 11.1 Å². The lowest BCUT2D eigenvalue weighted by molar-refractivity contribution is -0.384. The van der Waals surface area contributed by atoms with Crippen LogP contribution >= 0.6 is 11.6 Å². The molecule has 1 heterocycles. The summed E-state index contributed by atoms with van der Waals surface area (Å²) in [7, 11) is 0. The van der Waals surface area contributed by atoms with Crippen molar-refractivity contribution in [3.05, 3.63) is 129 Å². The van der Waals surface area contributed by atoms with E-state index in [2.05, 4.69) is 4.99 Å². The summed E-state index contributed by atoms with van der Waals surface area (Å²) in [5, 5.41) is 11.3. The maximum Gasteiger partial charge on any atom is 0.363 e. The average molecular weight is 555 g/mol. The molecule has 0 spiro atoms. The van der Waals surface area contributed by atoms with Crippen LogP contribution in [0.5, 0.6) is 11.5 Å². The average Bonchev–Trinajstić information content (AvgIpc) is 3.33. The highest BCUT2D eigenvalue weighted by atomic mass is 35.5. The summed E-state index contributed by atoms with van der Waals surface area (Å²) in [4.78, 5) is 27.6. The summed E-state index contributed by atoms with van der Waals surface area (Å²) in [5.41, 5.74) is 4.05. The van der Waals surface area contributed by atoms with Crippen molar-refractivity contribution in [3.8, 4) is 22.6 Å². The number of nitro groups is 1. The highest BCUT2D eigenvalue weighted by molar-refractivity contribution is 6.32. The predicted octanol–water partition coefficient (Wildman–Crippen LogP) is 7.24. The van der Waals surface area contributed by atoms with Gasteiger partial charge in [0.25, 0.3) is 5.69 Å². The van der Waals surface area contributed by atoms with Gasteiger partial charge < -0.3 is 14.2 Å². The fourth-order valence-electron chi connectivity index (χ4n) is 4.12. The van der Waals surface area contributed by atoms with Crippen molar-refractivity contribution in [2.45, 2.75) is 13.5 Å². The molecule has 5 rings (SSSR count). The lowest BCUT2D eigenvalue weighted by atomic mass is 10.0. The number of aliphatic imine (C=N–C) groups is 1. The number of ether oxygens (including phenoxy) is 3. The number of carbonyl (C=O) groups excluding carboxylic acids is 1. The second kappa shape index (κ2) is 11.8. The summed E-state index contributed by atoms with van der Waals surface area (Å²) in [6.45, 7) is 2.20. The van der Waals surface area contributed by atoms with E-state index in [1.165, 1.54) is 12.1 Å². The van der Waals surface area contributed by atoms with E-state index in [1.54, 1.807) is 30.3 Å². The Morgan fingerprint density at radius 3 is 2.38 bits per heavy atom. The third-order valence-corrected chi connectivity index (χ3v) is 6.28. The number of nitrogens with zero attached hydrogens (tertiary/aromatic N) is 2. The molecule has 8 nitrogen and oxygen atoms in total. The Hall–Kier alpha value is -4.95. The molecule has 0 unspecified atom stereocenters. The van der Waals surface area contributed by atoms with Crippen LogP contribution in [-0.2, 0) is 16.1 Å². The Kier molecular flexibility index (Phi) is 7.89. The highest BCUT2D eigenvalue weighted by Crippen LogP contribution is 2.38. The van der Waals surface area contributed by atoms with Crippen LogP contribution in [0, 0.1) is 10.1 Å². The molecular weight excluding hydrogens is 532 g/mol. The quantitative estimate of drug-likeness (QED) is 0.0935. The molecule has 0 N–H and O–H groups in total.